The maximum Gasteiger partial charge on any atom is 0.205 e. The van der Waals surface area contributed by atoms with Gasteiger partial charge in [0.1, 0.15) is 0 Å². The number of thiophene rings is 1. The number of benzene rings is 1. The highest BCUT2D eigenvalue weighted by Gasteiger charge is 2.15. The van der Waals surface area contributed by atoms with E-state index in [1.165, 1.54) is 11.3 Å². The lowest BCUT2D eigenvalue weighted by Crippen LogP contribution is -2.03. The second kappa shape index (κ2) is 4.57. The van der Waals surface area contributed by atoms with Crippen molar-refractivity contribution >= 4 is 50.3 Å². The van der Waals surface area contributed by atoms with Gasteiger partial charge in [0.25, 0.3) is 0 Å². The van der Waals surface area contributed by atoms with E-state index in [0.717, 1.165) is 3.79 Å². The van der Waals surface area contributed by atoms with Gasteiger partial charge in [-0.3, -0.25) is 4.79 Å². The Labute approximate surface area is 110 Å². The Bertz CT molecular complexity index is 553. The minimum absolute atomic E-state index is 0.101. The van der Waals surface area contributed by atoms with E-state index in [1.807, 2.05) is 6.07 Å². The highest BCUT2D eigenvalue weighted by molar-refractivity contribution is 9.11. The van der Waals surface area contributed by atoms with E-state index < -0.39 is 0 Å². The fraction of sp³-hybridized carbons (Fsp3) is 0. The molecule has 82 valence electrons. The molecule has 0 fully saturated rings. The molecule has 0 amide bonds. The molecule has 16 heavy (non-hydrogen) atoms. The first-order valence-corrected chi connectivity index (χ1v) is 6.42. The number of hydrogen-bond donors (Lipinski definition) is 1. The van der Waals surface area contributed by atoms with E-state index in [1.54, 1.807) is 24.3 Å². The van der Waals surface area contributed by atoms with Gasteiger partial charge in [-0.15, -0.1) is 11.3 Å². The van der Waals surface area contributed by atoms with Crippen LogP contribution < -0.4 is 5.73 Å². The van der Waals surface area contributed by atoms with Crippen molar-refractivity contribution in [2.24, 2.45) is 0 Å². The number of nitrogens with two attached hydrogens (primary N) is 1. The lowest BCUT2D eigenvalue weighted by Gasteiger charge is -2.04. The van der Waals surface area contributed by atoms with Crippen LogP contribution in [0, 0.1) is 0 Å². The summed E-state index contributed by atoms with van der Waals surface area (Å²) in [5.74, 6) is -0.101. The third-order valence-electron chi connectivity index (χ3n) is 2.09. The van der Waals surface area contributed by atoms with Gasteiger partial charge >= 0.3 is 0 Å². The van der Waals surface area contributed by atoms with Gasteiger partial charge in [-0.25, -0.2) is 0 Å². The van der Waals surface area contributed by atoms with Crippen molar-refractivity contribution in [1.82, 2.24) is 0 Å². The molecule has 0 saturated carbocycles. The highest BCUT2D eigenvalue weighted by atomic mass is 79.9. The van der Waals surface area contributed by atoms with Crippen molar-refractivity contribution in [3.63, 3.8) is 0 Å². The molecule has 0 radical (unpaired) electrons. The molecule has 1 heterocycles. The standard InChI is InChI=1S/C11H7BrClNOS/c12-9-5-4-8(16-9)11(15)6-2-1-3-7(13)10(6)14/h1-5H,14H2. The molecule has 5 heteroatoms. The number of rotatable bonds is 2. The summed E-state index contributed by atoms with van der Waals surface area (Å²) in [5.41, 5.74) is 6.55. The largest absolute Gasteiger partial charge is 0.397 e. The van der Waals surface area contributed by atoms with Gasteiger partial charge in [-0.1, -0.05) is 17.7 Å². The van der Waals surface area contributed by atoms with Crippen molar-refractivity contribution < 1.29 is 4.79 Å². The summed E-state index contributed by atoms with van der Waals surface area (Å²) in [6, 6.07) is 8.65. The first kappa shape index (κ1) is 11.6. The van der Waals surface area contributed by atoms with E-state index >= 15 is 0 Å². The van der Waals surface area contributed by atoms with Crippen LogP contribution in [0.3, 0.4) is 0 Å². The van der Waals surface area contributed by atoms with Gasteiger partial charge in [0.05, 0.1) is 19.4 Å². The smallest absolute Gasteiger partial charge is 0.205 e. The van der Waals surface area contributed by atoms with Crippen LogP contribution in [0.15, 0.2) is 34.1 Å². The van der Waals surface area contributed by atoms with Crippen molar-refractivity contribution in [1.29, 1.82) is 0 Å². The van der Waals surface area contributed by atoms with Crippen molar-refractivity contribution in [2.45, 2.75) is 0 Å². The van der Waals surface area contributed by atoms with E-state index in [9.17, 15) is 4.79 Å². The molecular formula is C11H7BrClNOS. The molecule has 0 spiro atoms. The fourth-order valence-corrected chi connectivity index (χ4v) is 2.82. The Morgan fingerprint density at radius 2 is 2.06 bits per heavy atom. The zero-order valence-corrected chi connectivity index (χ0v) is 11.2. The third kappa shape index (κ3) is 2.14. The van der Waals surface area contributed by atoms with Crippen LogP contribution in [0.1, 0.15) is 15.2 Å². The van der Waals surface area contributed by atoms with Gasteiger partial charge < -0.3 is 5.73 Å². The SMILES string of the molecule is Nc1c(Cl)cccc1C(=O)c1ccc(Br)s1. The molecule has 0 aliphatic heterocycles. The Kier molecular flexibility index (Phi) is 3.33. The molecular weight excluding hydrogens is 310 g/mol. The molecule has 2 N–H and O–H groups in total. The van der Waals surface area contributed by atoms with Gasteiger partial charge in [-0.2, -0.15) is 0 Å². The number of nitrogen functional groups attached to an aromatic ring is 1. The summed E-state index contributed by atoms with van der Waals surface area (Å²) in [4.78, 5) is 12.7. The number of para-hydroxylation sites is 1. The van der Waals surface area contributed by atoms with Crippen molar-refractivity contribution in [3.8, 4) is 0 Å². The monoisotopic (exact) mass is 315 g/mol. The summed E-state index contributed by atoms with van der Waals surface area (Å²) in [5, 5.41) is 0.404. The predicted octanol–water partition coefficient (Wildman–Crippen LogP) is 3.98. The van der Waals surface area contributed by atoms with Gasteiger partial charge in [0.2, 0.25) is 5.78 Å². The van der Waals surface area contributed by atoms with Gasteiger partial charge in [-0.05, 0) is 40.2 Å². The molecule has 2 aromatic rings. The molecule has 2 rings (SSSR count). The minimum Gasteiger partial charge on any atom is -0.397 e. The van der Waals surface area contributed by atoms with E-state index in [4.69, 9.17) is 17.3 Å². The maximum atomic E-state index is 12.1. The summed E-state index contributed by atoms with van der Waals surface area (Å²) >= 11 is 10.6. The van der Waals surface area contributed by atoms with Crippen molar-refractivity contribution in [3.05, 3.63) is 49.6 Å². The number of hydrogen-bond acceptors (Lipinski definition) is 3. The lowest BCUT2D eigenvalue weighted by molar-refractivity contribution is 0.104. The number of ketones is 1. The zero-order valence-electron chi connectivity index (χ0n) is 8.04. The first-order chi connectivity index (χ1) is 7.59. The molecule has 0 bridgehead atoms. The third-order valence-corrected chi connectivity index (χ3v) is 4.05. The molecule has 0 unspecified atom stereocenters. The highest BCUT2D eigenvalue weighted by Crippen LogP contribution is 2.28. The molecule has 1 aromatic heterocycles. The molecule has 0 aliphatic rings. The summed E-state index contributed by atoms with van der Waals surface area (Å²) in [6.07, 6.45) is 0. The Hall–Kier alpha value is -0.840. The maximum absolute atomic E-state index is 12.1. The van der Waals surface area contributed by atoms with E-state index in [-0.39, 0.29) is 5.78 Å². The Morgan fingerprint density at radius 1 is 1.31 bits per heavy atom. The first-order valence-electron chi connectivity index (χ1n) is 4.43. The molecule has 2 nitrogen and oxygen atoms in total. The van der Waals surface area contributed by atoms with Gasteiger partial charge in [0, 0.05) is 5.56 Å². The Morgan fingerprint density at radius 3 is 2.69 bits per heavy atom. The fourth-order valence-electron chi connectivity index (χ4n) is 1.30. The molecule has 0 saturated heterocycles. The van der Waals surface area contributed by atoms with Crippen LogP contribution in [0.5, 0.6) is 0 Å². The second-order valence-corrected chi connectivity index (χ2v) is 6.00. The van der Waals surface area contributed by atoms with Crippen LogP contribution >= 0.6 is 38.9 Å². The number of carbonyl (C=O) groups is 1. The minimum atomic E-state index is -0.101. The normalized spacial score (nSPS) is 10.4. The van der Waals surface area contributed by atoms with Crippen LogP contribution in [-0.4, -0.2) is 5.78 Å². The van der Waals surface area contributed by atoms with Crippen LogP contribution in [0.2, 0.25) is 5.02 Å². The molecule has 0 atom stereocenters. The van der Waals surface area contributed by atoms with Crippen LogP contribution in [0.25, 0.3) is 0 Å². The summed E-state index contributed by atoms with van der Waals surface area (Å²) in [6.45, 7) is 0. The topological polar surface area (TPSA) is 43.1 Å². The van der Waals surface area contributed by atoms with Gasteiger partial charge in [0.15, 0.2) is 0 Å². The molecule has 1 aromatic carbocycles. The van der Waals surface area contributed by atoms with E-state index in [0.29, 0.717) is 21.2 Å². The quantitative estimate of drug-likeness (QED) is 0.673. The number of carbonyl (C=O) groups excluding carboxylic acids is 1. The number of anilines is 1. The van der Waals surface area contributed by atoms with Crippen LogP contribution in [0.4, 0.5) is 5.69 Å². The predicted molar refractivity (Wildman–Crippen MR) is 71.3 cm³/mol. The van der Waals surface area contributed by atoms with Crippen molar-refractivity contribution in [2.75, 3.05) is 5.73 Å². The second-order valence-electron chi connectivity index (χ2n) is 3.13. The number of halogens is 2. The molecule has 0 aliphatic carbocycles. The Balaban J connectivity index is 2.45. The van der Waals surface area contributed by atoms with E-state index in [2.05, 4.69) is 15.9 Å². The average molecular weight is 317 g/mol. The zero-order chi connectivity index (χ0) is 11.7. The van der Waals surface area contributed by atoms with Crippen LogP contribution in [-0.2, 0) is 0 Å². The summed E-state index contributed by atoms with van der Waals surface area (Å²) < 4.78 is 0.913. The summed E-state index contributed by atoms with van der Waals surface area (Å²) in [7, 11) is 0. The average Bonchev–Trinajstić information content (AvgIpc) is 2.68. The lowest BCUT2D eigenvalue weighted by atomic mass is 10.1.